The van der Waals surface area contributed by atoms with E-state index in [1.54, 1.807) is 0 Å². The summed E-state index contributed by atoms with van der Waals surface area (Å²) in [7, 11) is 0. The molecule has 0 radical (unpaired) electrons. The second-order valence-corrected chi connectivity index (χ2v) is 4.33. The Morgan fingerprint density at radius 1 is 0.842 bits per heavy atom. The van der Waals surface area contributed by atoms with Crippen LogP contribution in [0.2, 0.25) is 0 Å². The molecule has 19 heavy (non-hydrogen) atoms. The third-order valence-corrected chi connectivity index (χ3v) is 3.00. The number of rotatable bonds is 3. The lowest BCUT2D eigenvalue weighted by atomic mass is 10.0. The Morgan fingerprint density at radius 2 is 1.37 bits per heavy atom. The number of hydrogen-bond acceptors (Lipinski definition) is 1. The Bertz CT molecular complexity index is 523. The van der Waals surface area contributed by atoms with Gasteiger partial charge in [0.25, 0.3) is 0 Å². The highest BCUT2D eigenvalue weighted by Crippen LogP contribution is 2.30. The molecule has 0 aliphatic heterocycles. The average molecular weight is 287 g/mol. The van der Waals surface area contributed by atoms with E-state index in [2.05, 4.69) is 4.74 Å². The molecule has 1 unspecified atom stereocenters. The molecular weight excluding hydrogens is 277 g/mol. The molecule has 2 aromatic rings. The first-order valence-corrected chi connectivity index (χ1v) is 5.94. The van der Waals surface area contributed by atoms with Crippen molar-refractivity contribution in [3.63, 3.8) is 0 Å². The van der Waals surface area contributed by atoms with Crippen molar-refractivity contribution in [3.8, 4) is 5.75 Å². The molecule has 0 fully saturated rings. The SMILES string of the molecule is FC(F)(F)Oc1ccc(C(Cl)c2ccccc2)cc1. The molecule has 0 bridgehead atoms. The molecule has 0 aliphatic rings. The van der Waals surface area contributed by atoms with E-state index in [0.29, 0.717) is 5.56 Å². The molecule has 0 aliphatic carbocycles. The third kappa shape index (κ3) is 3.89. The van der Waals surface area contributed by atoms with E-state index < -0.39 is 11.7 Å². The maximum absolute atomic E-state index is 12.0. The molecule has 0 aromatic heterocycles. The summed E-state index contributed by atoms with van der Waals surface area (Å²) in [6.45, 7) is 0. The summed E-state index contributed by atoms with van der Waals surface area (Å²) < 4.78 is 39.9. The lowest BCUT2D eigenvalue weighted by Gasteiger charge is -2.12. The molecule has 0 N–H and O–H groups in total. The van der Waals surface area contributed by atoms with Crippen LogP contribution in [0.4, 0.5) is 13.2 Å². The number of halogens is 4. The number of ether oxygens (including phenoxy) is 1. The molecule has 100 valence electrons. The summed E-state index contributed by atoms with van der Waals surface area (Å²) in [5, 5.41) is -0.402. The van der Waals surface area contributed by atoms with E-state index in [1.165, 1.54) is 24.3 Å². The largest absolute Gasteiger partial charge is 0.573 e. The van der Waals surface area contributed by atoms with Gasteiger partial charge in [0.05, 0.1) is 5.38 Å². The summed E-state index contributed by atoms with van der Waals surface area (Å²) in [6, 6.07) is 14.8. The molecule has 0 heterocycles. The van der Waals surface area contributed by atoms with Crippen LogP contribution < -0.4 is 4.74 Å². The first-order valence-electron chi connectivity index (χ1n) is 5.50. The summed E-state index contributed by atoms with van der Waals surface area (Å²) in [6.07, 6.45) is -4.68. The van der Waals surface area contributed by atoms with Crippen molar-refractivity contribution in [2.24, 2.45) is 0 Å². The Balaban J connectivity index is 2.15. The Labute approximate surface area is 113 Å². The molecule has 1 nitrogen and oxygen atoms in total. The van der Waals surface area contributed by atoms with Gasteiger partial charge in [0.1, 0.15) is 5.75 Å². The lowest BCUT2D eigenvalue weighted by molar-refractivity contribution is -0.274. The minimum absolute atomic E-state index is 0.256. The van der Waals surface area contributed by atoms with Gasteiger partial charge in [-0.3, -0.25) is 0 Å². The molecule has 1 atom stereocenters. The normalized spacial score (nSPS) is 13.1. The molecule has 0 saturated carbocycles. The molecule has 0 amide bonds. The summed E-state index contributed by atoms with van der Waals surface area (Å²) in [5.41, 5.74) is 1.59. The smallest absolute Gasteiger partial charge is 0.406 e. The van der Waals surface area contributed by atoms with E-state index in [4.69, 9.17) is 11.6 Å². The standard InChI is InChI=1S/C14H10ClF3O/c15-13(10-4-2-1-3-5-10)11-6-8-12(9-7-11)19-14(16,17)18/h1-9,13H. The Morgan fingerprint density at radius 3 is 1.89 bits per heavy atom. The van der Waals surface area contributed by atoms with Crippen molar-refractivity contribution in [2.45, 2.75) is 11.7 Å². The van der Waals surface area contributed by atoms with Crippen LogP contribution in [-0.2, 0) is 0 Å². The minimum Gasteiger partial charge on any atom is -0.406 e. The first kappa shape index (κ1) is 13.7. The second kappa shape index (κ2) is 5.53. The van der Waals surface area contributed by atoms with E-state index >= 15 is 0 Å². The highest BCUT2D eigenvalue weighted by molar-refractivity contribution is 6.22. The molecular formula is C14H10ClF3O. The highest BCUT2D eigenvalue weighted by atomic mass is 35.5. The molecule has 2 rings (SSSR count). The highest BCUT2D eigenvalue weighted by Gasteiger charge is 2.31. The van der Waals surface area contributed by atoms with Crippen LogP contribution in [0.5, 0.6) is 5.75 Å². The van der Waals surface area contributed by atoms with Crippen LogP contribution in [0.1, 0.15) is 16.5 Å². The van der Waals surface area contributed by atoms with Gasteiger partial charge >= 0.3 is 6.36 Å². The quantitative estimate of drug-likeness (QED) is 0.728. The molecule has 0 spiro atoms. The number of alkyl halides is 4. The topological polar surface area (TPSA) is 9.23 Å². The zero-order valence-electron chi connectivity index (χ0n) is 9.69. The lowest BCUT2D eigenvalue weighted by Crippen LogP contribution is -2.17. The predicted octanol–water partition coefficient (Wildman–Crippen LogP) is 4.91. The zero-order valence-corrected chi connectivity index (χ0v) is 10.4. The van der Waals surface area contributed by atoms with Crippen LogP contribution in [0.25, 0.3) is 0 Å². The number of benzene rings is 2. The van der Waals surface area contributed by atoms with E-state index in [-0.39, 0.29) is 5.75 Å². The van der Waals surface area contributed by atoms with Crippen molar-refractivity contribution >= 4 is 11.6 Å². The fourth-order valence-corrected chi connectivity index (χ4v) is 1.94. The van der Waals surface area contributed by atoms with Gasteiger partial charge in [-0.1, -0.05) is 42.5 Å². The average Bonchev–Trinajstić information content (AvgIpc) is 2.38. The van der Waals surface area contributed by atoms with Crippen LogP contribution in [0.15, 0.2) is 54.6 Å². The molecule has 2 aromatic carbocycles. The van der Waals surface area contributed by atoms with Gasteiger partial charge < -0.3 is 4.74 Å². The monoisotopic (exact) mass is 286 g/mol. The third-order valence-electron chi connectivity index (χ3n) is 2.50. The van der Waals surface area contributed by atoms with Gasteiger partial charge in [0.15, 0.2) is 0 Å². The van der Waals surface area contributed by atoms with Gasteiger partial charge in [0, 0.05) is 0 Å². The second-order valence-electron chi connectivity index (χ2n) is 3.89. The Kier molecular flexibility index (Phi) is 4.00. The minimum atomic E-state index is -4.68. The summed E-state index contributed by atoms with van der Waals surface area (Å²) in [5.74, 6) is -0.256. The fraction of sp³-hybridized carbons (Fsp3) is 0.143. The van der Waals surface area contributed by atoms with Crippen molar-refractivity contribution < 1.29 is 17.9 Å². The van der Waals surface area contributed by atoms with Gasteiger partial charge in [0.2, 0.25) is 0 Å². The van der Waals surface area contributed by atoms with Gasteiger partial charge in [-0.2, -0.15) is 0 Å². The van der Waals surface area contributed by atoms with E-state index in [1.807, 2.05) is 30.3 Å². The molecule has 5 heteroatoms. The van der Waals surface area contributed by atoms with Crippen molar-refractivity contribution in [3.05, 3.63) is 65.7 Å². The summed E-state index contributed by atoms with van der Waals surface area (Å²) >= 11 is 6.25. The van der Waals surface area contributed by atoms with Crippen molar-refractivity contribution in [1.82, 2.24) is 0 Å². The van der Waals surface area contributed by atoms with E-state index in [9.17, 15) is 13.2 Å². The van der Waals surface area contributed by atoms with Crippen LogP contribution in [0.3, 0.4) is 0 Å². The first-order chi connectivity index (χ1) is 8.96. The van der Waals surface area contributed by atoms with Gasteiger partial charge in [-0.25, -0.2) is 0 Å². The van der Waals surface area contributed by atoms with E-state index in [0.717, 1.165) is 5.56 Å². The van der Waals surface area contributed by atoms with Crippen LogP contribution in [-0.4, -0.2) is 6.36 Å². The number of hydrogen-bond donors (Lipinski definition) is 0. The van der Waals surface area contributed by atoms with Crippen molar-refractivity contribution in [2.75, 3.05) is 0 Å². The predicted molar refractivity (Wildman–Crippen MR) is 67.3 cm³/mol. The van der Waals surface area contributed by atoms with Crippen LogP contribution in [0, 0.1) is 0 Å². The van der Waals surface area contributed by atoms with Gasteiger partial charge in [-0.05, 0) is 23.3 Å². The summed E-state index contributed by atoms with van der Waals surface area (Å²) in [4.78, 5) is 0. The maximum Gasteiger partial charge on any atom is 0.573 e. The van der Waals surface area contributed by atoms with Crippen molar-refractivity contribution in [1.29, 1.82) is 0 Å². The fourth-order valence-electron chi connectivity index (χ4n) is 1.65. The van der Waals surface area contributed by atoms with Gasteiger partial charge in [-0.15, -0.1) is 24.8 Å². The molecule has 0 saturated heterocycles. The van der Waals surface area contributed by atoms with Crippen LogP contribution >= 0.6 is 11.6 Å². The zero-order chi connectivity index (χ0) is 13.9. The maximum atomic E-state index is 12.0. The Hall–Kier alpha value is -1.68.